The van der Waals surface area contributed by atoms with Crippen molar-refractivity contribution < 1.29 is 24.4 Å². The van der Waals surface area contributed by atoms with Gasteiger partial charge in [-0.25, -0.2) is 0 Å². The molecule has 0 heterocycles. The van der Waals surface area contributed by atoms with Crippen LogP contribution in [0.4, 0.5) is 5.69 Å². The summed E-state index contributed by atoms with van der Waals surface area (Å²) >= 11 is 0. The Labute approximate surface area is 162 Å². The molecule has 0 aliphatic heterocycles. The summed E-state index contributed by atoms with van der Waals surface area (Å²) < 4.78 is 5.24. The van der Waals surface area contributed by atoms with Gasteiger partial charge in [0, 0.05) is 23.7 Å². The third-order valence-electron chi connectivity index (χ3n) is 4.50. The van der Waals surface area contributed by atoms with Gasteiger partial charge in [-0.3, -0.25) is 19.7 Å². The average Bonchev–Trinajstić information content (AvgIpc) is 2.64. The molecule has 0 spiro atoms. The zero-order valence-corrected chi connectivity index (χ0v) is 15.9. The second kappa shape index (κ2) is 8.98. The Balaban J connectivity index is 2.16. The number of aryl methyl sites for hydroxylation is 2. The van der Waals surface area contributed by atoms with Gasteiger partial charge in [0.15, 0.2) is 0 Å². The number of carbonyl (C=O) groups is 2. The molecule has 0 bridgehead atoms. The molecule has 0 aliphatic carbocycles. The largest absolute Gasteiger partial charge is 0.496 e. The first kappa shape index (κ1) is 20.9. The number of hydrogen-bond acceptors (Lipinski definition) is 5. The van der Waals surface area contributed by atoms with Gasteiger partial charge in [0.25, 0.3) is 11.6 Å². The molecule has 2 N–H and O–H groups in total. The number of methoxy groups -OCH3 is 1. The van der Waals surface area contributed by atoms with E-state index in [1.807, 2.05) is 0 Å². The van der Waals surface area contributed by atoms with Crippen LogP contribution in [-0.2, 0) is 11.2 Å². The standard InChI is InChI=1S/C20H22N2O6/c1-12-8-13(2)17(22(26)27)10-16(12)19(23)21-11-15(20(24)25)9-14-6-4-5-7-18(14)28-3/h4-8,10,15H,9,11H2,1-3H3,(H,21,23)(H,24,25). The topological polar surface area (TPSA) is 119 Å². The summed E-state index contributed by atoms with van der Waals surface area (Å²) in [6, 6.07) is 9.86. The van der Waals surface area contributed by atoms with E-state index in [-0.39, 0.29) is 24.2 Å². The van der Waals surface area contributed by atoms with Crippen molar-refractivity contribution in [3.63, 3.8) is 0 Å². The lowest BCUT2D eigenvalue weighted by molar-refractivity contribution is -0.385. The number of rotatable bonds is 8. The summed E-state index contributed by atoms with van der Waals surface area (Å²) in [7, 11) is 1.50. The highest BCUT2D eigenvalue weighted by molar-refractivity contribution is 5.96. The number of benzene rings is 2. The maximum atomic E-state index is 12.5. The number of aliphatic carboxylic acids is 1. The predicted octanol–water partition coefficient (Wildman–Crippen LogP) is 2.89. The first-order chi connectivity index (χ1) is 13.2. The van der Waals surface area contributed by atoms with Crippen molar-refractivity contribution in [1.82, 2.24) is 5.32 Å². The highest BCUT2D eigenvalue weighted by Gasteiger charge is 2.23. The molecule has 2 rings (SSSR count). The Morgan fingerprint density at radius 1 is 1.21 bits per heavy atom. The van der Waals surface area contributed by atoms with Crippen LogP contribution in [0, 0.1) is 29.9 Å². The summed E-state index contributed by atoms with van der Waals surface area (Å²) in [4.78, 5) is 34.7. The molecule has 0 saturated heterocycles. The lowest BCUT2D eigenvalue weighted by Gasteiger charge is -2.16. The summed E-state index contributed by atoms with van der Waals surface area (Å²) in [5.74, 6) is -1.91. The second-order valence-electron chi connectivity index (χ2n) is 6.47. The fourth-order valence-corrected chi connectivity index (χ4v) is 2.98. The van der Waals surface area contributed by atoms with Crippen molar-refractivity contribution >= 4 is 17.6 Å². The number of para-hydroxylation sites is 1. The Hall–Kier alpha value is -3.42. The third-order valence-corrected chi connectivity index (χ3v) is 4.50. The highest BCUT2D eigenvalue weighted by atomic mass is 16.6. The molecule has 8 nitrogen and oxygen atoms in total. The molecule has 1 amide bonds. The molecule has 0 aliphatic rings. The van der Waals surface area contributed by atoms with Gasteiger partial charge in [-0.2, -0.15) is 0 Å². The number of amides is 1. The van der Waals surface area contributed by atoms with E-state index in [2.05, 4.69) is 5.32 Å². The van der Waals surface area contributed by atoms with E-state index in [9.17, 15) is 24.8 Å². The van der Waals surface area contributed by atoms with E-state index < -0.39 is 22.7 Å². The summed E-state index contributed by atoms with van der Waals surface area (Å²) in [6.07, 6.45) is 0.173. The van der Waals surface area contributed by atoms with Crippen LogP contribution < -0.4 is 10.1 Å². The van der Waals surface area contributed by atoms with Crippen LogP contribution in [0.5, 0.6) is 5.75 Å². The van der Waals surface area contributed by atoms with Crippen molar-refractivity contribution in [2.24, 2.45) is 5.92 Å². The van der Waals surface area contributed by atoms with Crippen LogP contribution in [0.1, 0.15) is 27.0 Å². The van der Waals surface area contributed by atoms with Gasteiger partial charge >= 0.3 is 5.97 Å². The summed E-state index contributed by atoms with van der Waals surface area (Å²) in [5, 5.41) is 23.2. The lowest BCUT2D eigenvalue weighted by atomic mass is 9.98. The lowest BCUT2D eigenvalue weighted by Crippen LogP contribution is -2.34. The zero-order chi connectivity index (χ0) is 20.8. The van der Waals surface area contributed by atoms with Gasteiger partial charge in [-0.15, -0.1) is 0 Å². The zero-order valence-electron chi connectivity index (χ0n) is 15.9. The van der Waals surface area contributed by atoms with Crippen LogP contribution in [0.3, 0.4) is 0 Å². The Bertz CT molecular complexity index is 910. The van der Waals surface area contributed by atoms with Gasteiger partial charge in [0.05, 0.1) is 18.0 Å². The molecule has 0 radical (unpaired) electrons. The molecular formula is C20H22N2O6. The van der Waals surface area contributed by atoms with Crippen molar-refractivity contribution in [3.05, 3.63) is 68.8 Å². The molecule has 0 fully saturated rings. The molecule has 8 heteroatoms. The molecular weight excluding hydrogens is 364 g/mol. The van der Waals surface area contributed by atoms with E-state index in [0.717, 1.165) is 0 Å². The predicted molar refractivity (Wildman–Crippen MR) is 103 cm³/mol. The number of nitrogens with one attached hydrogen (secondary N) is 1. The van der Waals surface area contributed by atoms with Gasteiger partial charge in [-0.05, 0) is 43.5 Å². The van der Waals surface area contributed by atoms with Crippen LogP contribution in [0.15, 0.2) is 36.4 Å². The minimum absolute atomic E-state index is 0.118. The molecule has 148 valence electrons. The van der Waals surface area contributed by atoms with Crippen LogP contribution in [0.25, 0.3) is 0 Å². The van der Waals surface area contributed by atoms with Crippen LogP contribution >= 0.6 is 0 Å². The highest BCUT2D eigenvalue weighted by Crippen LogP contribution is 2.23. The first-order valence-electron chi connectivity index (χ1n) is 8.63. The third kappa shape index (κ3) is 4.85. The van der Waals surface area contributed by atoms with Gasteiger partial charge in [0.2, 0.25) is 0 Å². The molecule has 2 aromatic carbocycles. The fourth-order valence-electron chi connectivity index (χ4n) is 2.98. The van der Waals surface area contributed by atoms with Crippen molar-refractivity contribution in [3.8, 4) is 5.75 Å². The summed E-state index contributed by atoms with van der Waals surface area (Å²) in [5.41, 5.74) is 1.75. The smallest absolute Gasteiger partial charge is 0.308 e. The number of nitro groups is 1. The minimum Gasteiger partial charge on any atom is -0.496 e. The number of ether oxygens (including phenoxy) is 1. The minimum atomic E-state index is -1.06. The second-order valence-corrected chi connectivity index (χ2v) is 6.47. The molecule has 1 atom stereocenters. The normalized spacial score (nSPS) is 11.5. The van der Waals surface area contributed by atoms with Gasteiger partial charge in [0.1, 0.15) is 5.75 Å². The Morgan fingerprint density at radius 2 is 1.89 bits per heavy atom. The maximum Gasteiger partial charge on any atom is 0.308 e. The first-order valence-corrected chi connectivity index (χ1v) is 8.63. The fraction of sp³-hybridized carbons (Fsp3) is 0.300. The molecule has 0 aromatic heterocycles. The number of carboxylic acid groups (broad SMARTS) is 1. The Morgan fingerprint density at radius 3 is 2.50 bits per heavy atom. The van der Waals surface area contributed by atoms with E-state index in [0.29, 0.717) is 22.4 Å². The average molecular weight is 386 g/mol. The van der Waals surface area contributed by atoms with Crippen LogP contribution in [0.2, 0.25) is 0 Å². The number of nitro benzene ring substituents is 1. The molecule has 28 heavy (non-hydrogen) atoms. The number of carbonyl (C=O) groups excluding carboxylic acids is 1. The van der Waals surface area contributed by atoms with E-state index in [1.54, 1.807) is 44.2 Å². The van der Waals surface area contributed by atoms with E-state index in [4.69, 9.17) is 4.74 Å². The van der Waals surface area contributed by atoms with Crippen molar-refractivity contribution in [2.45, 2.75) is 20.3 Å². The summed E-state index contributed by atoms with van der Waals surface area (Å²) in [6.45, 7) is 3.16. The van der Waals surface area contributed by atoms with E-state index >= 15 is 0 Å². The number of hydrogen-bond donors (Lipinski definition) is 2. The monoisotopic (exact) mass is 386 g/mol. The van der Waals surface area contributed by atoms with Crippen LogP contribution in [-0.4, -0.2) is 35.6 Å². The van der Waals surface area contributed by atoms with Gasteiger partial charge < -0.3 is 15.2 Å². The van der Waals surface area contributed by atoms with E-state index in [1.165, 1.54) is 13.2 Å². The SMILES string of the molecule is COc1ccccc1CC(CNC(=O)c1cc([N+](=O)[O-])c(C)cc1C)C(=O)O. The van der Waals surface area contributed by atoms with Crippen molar-refractivity contribution in [2.75, 3.05) is 13.7 Å². The van der Waals surface area contributed by atoms with Crippen molar-refractivity contribution in [1.29, 1.82) is 0 Å². The van der Waals surface area contributed by atoms with Gasteiger partial charge in [-0.1, -0.05) is 18.2 Å². The maximum absolute atomic E-state index is 12.5. The molecule has 0 saturated carbocycles. The number of carboxylic acids is 1. The Kier molecular flexibility index (Phi) is 6.70. The number of nitrogens with zero attached hydrogens (tertiary/aromatic N) is 1. The molecule has 2 aromatic rings. The molecule has 1 unspecified atom stereocenters. The quantitative estimate of drug-likeness (QED) is 0.532.